The highest BCUT2D eigenvalue weighted by Crippen LogP contribution is 2.23. The third-order valence-corrected chi connectivity index (χ3v) is 9.37. The Kier molecular flexibility index (Phi) is 13.6. The molecule has 0 amide bonds. The number of hydrogen-bond donors (Lipinski definition) is 1. The van der Waals surface area contributed by atoms with E-state index in [1.807, 2.05) is 6.20 Å². The topological polar surface area (TPSA) is 79.9 Å². The van der Waals surface area contributed by atoms with Crippen LogP contribution >= 0.6 is 0 Å². The van der Waals surface area contributed by atoms with E-state index in [4.69, 9.17) is 10.5 Å². The lowest BCUT2D eigenvalue weighted by Crippen LogP contribution is -2.54. The van der Waals surface area contributed by atoms with Gasteiger partial charge in [-0.25, -0.2) is 4.68 Å². The van der Waals surface area contributed by atoms with E-state index in [0.29, 0.717) is 6.42 Å². The van der Waals surface area contributed by atoms with Gasteiger partial charge in [-0.1, -0.05) is 58.4 Å². The second kappa shape index (κ2) is 17.3. The number of aryl methyl sites for hydroxylation is 1. The molecule has 236 valence electrons. The van der Waals surface area contributed by atoms with Gasteiger partial charge in [0.25, 0.3) is 0 Å². The summed E-state index contributed by atoms with van der Waals surface area (Å²) in [5, 5.41) is 5.60. The van der Waals surface area contributed by atoms with Crippen LogP contribution in [0.5, 0.6) is 0 Å². The Morgan fingerprint density at radius 1 is 0.952 bits per heavy atom. The van der Waals surface area contributed by atoms with Crippen LogP contribution in [0.25, 0.3) is 10.9 Å². The van der Waals surface area contributed by atoms with E-state index in [2.05, 4.69) is 52.7 Å². The SMILES string of the molecule is CCCCCCCC(=O)OCn1ncc2cc(C[C@@H](N)CN3CCN(C4CCN(CCCCC)CC4)CC3)cc(C)c21. The fourth-order valence-corrected chi connectivity index (χ4v) is 6.92. The van der Waals surface area contributed by atoms with Crippen LogP contribution in [-0.2, 0) is 22.7 Å². The molecule has 2 aliphatic heterocycles. The van der Waals surface area contributed by atoms with E-state index >= 15 is 0 Å². The molecule has 2 fully saturated rings. The molecule has 8 heteroatoms. The molecule has 8 nitrogen and oxygen atoms in total. The number of nitrogens with two attached hydrogens (primary N) is 1. The first-order valence-corrected chi connectivity index (χ1v) is 17.0. The van der Waals surface area contributed by atoms with Crippen LogP contribution in [0.3, 0.4) is 0 Å². The summed E-state index contributed by atoms with van der Waals surface area (Å²) in [6.45, 7) is 16.1. The molecule has 0 radical (unpaired) electrons. The number of piperidine rings is 1. The first-order chi connectivity index (χ1) is 20.5. The Balaban J connectivity index is 1.17. The van der Waals surface area contributed by atoms with Gasteiger partial charge in [-0.15, -0.1) is 0 Å². The standard InChI is InChI=1S/C34H58N6O2/c1-4-6-8-9-10-12-33(41)42-27-40-34-28(3)22-29(23-30(34)25-36-40)24-31(35)26-38-18-20-39(21-19-38)32-13-16-37(17-14-32)15-11-7-5-2/h22-23,25,31-32H,4-21,24,26-27,35H2,1-3H3/t31-/m1/s1. The van der Waals surface area contributed by atoms with Crippen LogP contribution in [0.4, 0.5) is 0 Å². The van der Waals surface area contributed by atoms with Gasteiger partial charge < -0.3 is 15.4 Å². The molecule has 42 heavy (non-hydrogen) atoms. The molecular formula is C34H58N6O2. The van der Waals surface area contributed by atoms with Gasteiger partial charge in [0.1, 0.15) is 0 Å². The number of aromatic nitrogens is 2. The molecule has 0 bridgehead atoms. The number of carbonyl (C=O) groups is 1. The molecule has 2 saturated heterocycles. The number of likely N-dealkylation sites (tertiary alicyclic amines) is 1. The summed E-state index contributed by atoms with van der Waals surface area (Å²) in [6, 6.07) is 5.29. The van der Waals surface area contributed by atoms with E-state index in [1.165, 1.54) is 89.7 Å². The molecule has 1 atom stereocenters. The average molecular weight is 583 g/mol. The van der Waals surface area contributed by atoms with E-state index in [0.717, 1.165) is 61.4 Å². The molecule has 0 saturated carbocycles. The van der Waals surface area contributed by atoms with Crippen LogP contribution in [0, 0.1) is 6.92 Å². The molecule has 4 rings (SSSR count). The normalized spacial score (nSPS) is 18.6. The Labute approximate surface area is 254 Å². The summed E-state index contributed by atoms with van der Waals surface area (Å²) in [7, 11) is 0. The third-order valence-electron chi connectivity index (χ3n) is 9.37. The molecule has 2 N–H and O–H groups in total. The number of ether oxygens (including phenoxy) is 1. The van der Waals surface area contributed by atoms with Crippen molar-refractivity contribution in [3.8, 4) is 0 Å². The van der Waals surface area contributed by atoms with Gasteiger partial charge in [-0.2, -0.15) is 5.10 Å². The van der Waals surface area contributed by atoms with Crippen molar-refractivity contribution in [2.45, 2.75) is 117 Å². The lowest BCUT2D eigenvalue weighted by molar-refractivity contribution is -0.147. The zero-order valence-corrected chi connectivity index (χ0v) is 26.9. The van der Waals surface area contributed by atoms with Crippen LogP contribution in [0.1, 0.15) is 95.6 Å². The van der Waals surface area contributed by atoms with Gasteiger partial charge in [-0.3, -0.25) is 14.6 Å². The minimum atomic E-state index is -0.139. The molecule has 1 aromatic heterocycles. The number of rotatable bonds is 17. The number of esters is 1. The number of carbonyl (C=O) groups excluding carboxylic acids is 1. The van der Waals surface area contributed by atoms with E-state index in [9.17, 15) is 4.79 Å². The van der Waals surface area contributed by atoms with Gasteiger partial charge in [0.2, 0.25) is 0 Å². The number of fused-ring (bicyclic) bond motifs is 1. The maximum Gasteiger partial charge on any atom is 0.307 e. The molecular weight excluding hydrogens is 524 g/mol. The fourth-order valence-electron chi connectivity index (χ4n) is 6.92. The van der Waals surface area contributed by atoms with Crippen molar-refractivity contribution in [1.29, 1.82) is 0 Å². The Hall–Kier alpha value is -2.00. The lowest BCUT2D eigenvalue weighted by atomic mass is 10.0. The zero-order valence-electron chi connectivity index (χ0n) is 26.9. The van der Waals surface area contributed by atoms with Gasteiger partial charge >= 0.3 is 5.97 Å². The predicted molar refractivity (Wildman–Crippen MR) is 173 cm³/mol. The summed E-state index contributed by atoms with van der Waals surface area (Å²) >= 11 is 0. The highest BCUT2D eigenvalue weighted by Gasteiger charge is 2.27. The maximum atomic E-state index is 12.2. The van der Waals surface area contributed by atoms with Gasteiger partial charge in [-0.05, 0) is 75.9 Å². The highest BCUT2D eigenvalue weighted by atomic mass is 16.5. The fraction of sp³-hybridized carbons (Fsp3) is 0.765. The molecule has 0 spiro atoms. The Bertz CT molecular complexity index is 1070. The van der Waals surface area contributed by atoms with Crippen LogP contribution in [0.2, 0.25) is 0 Å². The number of piperazine rings is 1. The summed E-state index contributed by atoms with van der Waals surface area (Å²) in [5.74, 6) is -0.139. The largest absolute Gasteiger partial charge is 0.442 e. The molecule has 2 aromatic rings. The number of hydrogen-bond acceptors (Lipinski definition) is 7. The second-order valence-electron chi connectivity index (χ2n) is 12.9. The number of nitrogens with zero attached hydrogens (tertiary/aromatic N) is 5. The average Bonchev–Trinajstić information content (AvgIpc) is 3.40. The number of unbranched alkanes of at least 4 members (excludes halogenated alkanes) is 6. The van der Waals surface area contributed by atoms with E-state index in [1.54, 1.807) is 4.68 Å². The van der Waals surface area contributed by atoms with Crippen molar-refractivity contribution >= 4 is 16.9 Å². The van der Waals surface area contributed by atoms with E-state index < -0.39 is 0 Å². The Morgan fingerprint density at radius 2 is 1.67 bits per heavy atom. The first-order valence-electron chi connectivity index (χ1n) is 17.0. The predicted octanol–water partition coefficient (Wildman–Crippen LogP) is 5.35. The number of benzene rings is 1. The van der Waals surface area contributed by atoms with Crippen molar-refractivity contribution < 1.29 is 9.53 Å². The van der Waals surface area contributed by atoms with Crippen molar-refractivity contribution in [3.63, 3.8) is 0 Å². The lowest BCUT2D eigenvalue weighted by Gasteiger charge is -2.43. The quantitative estimate of drug-likeness (QED) is 0.199. The maximum absolute atomic E-state index is 12.2. The van der Waals surface area contributed by atoms with Crippen LogP contribution in [0.15, 0.2) is 18.3 Å². The highest BCUT2D eigenvalue weighted by molar-refractivity contribution is 5.82. The van der Waals surface area contributed by atoms with Crippen molar-refractivity contribution in [2.75, 3.05) is 52.4 Å². The molecule has 3 heterocycles. The van der Waals surface area contributed by atoms with Crippen LogP contribution < -0.4 is 5.73 Å². The van der Waals surface area contributed by atoms with Crippen molar-refractivity contribution in [3.05, 3.63) is 29.5 Å². The molecule has 2 aliphatic rings. The molecule has 0 unspecified atom stereocenters. The minimum Gasteiger partial charge on any atom is -0.442 e. The minimum absolute atomic E-state index is 0.105. The summed E-state index contributed by atoms with van der Waals surface area (Å²) in [4.78, 5) is 20.2. The monoisotopic (exact) mass is 582 g/mol. The van der Waals surface area contributed by atoms with Crippen molar-refractivity contribution in [1.82, 2.24) is 24.5 Å². The van der Waals surface area contributed by atoms with E-state index in [-0.39, 0.29) is 18.7 Å². The zero-order chi connectivity index (χ0) is 29.7. The Morgan fingerprint density at radius 3 is 2.40 bits per heavy atom. The molecule has 0 aliphatic carbocycles. The van der Waals surface area contributed by atoms with Gasteiger partial charge in [0.05, 0.1) is 11.7 Å². The van der Waals surface area contributed by atoms with Crippen molar-refractivity contribution in [2.24, 2.45) is 5.73 Å². The van der Waals surface area contributed by atoms with Gasteiger partial charge in [0.15, 0.2) is 6.73 Å². The summed E-state index contributed by atoms with van der Waals surface area (Å²) in [5.41, 5.74) is 10.1. The smallest absolute Gasteiger partial charge is 0.307 e. The summed E-state index contributed by atoms with van der Waals surface area (Å²) in [6.07, 6.45) is 15.5. The first kappa shape index (κ1) is 32.9. The van der Waals surface area contributed by atoms with Gasteiger partial charge in [0, 0.05) is 56.6 Å². The summed E-state index contributed by atoms with van der Waals surface area (Å²) < 4.78 is 7.34. The second-order valence-corrected chi connectivity index (χ2v) is 12.9. The van der Waals surface area contributed by atoms with Crippen LogP contribution in [-0.4, -0.2) is 94.9 Å². The molecule has 1 aromatic carbocycles. The third kappa shape index (κ3) is 10.0.